The standard InChI is InChI=1S/C16H17N5/c1-17-11-14-9-5-6-10-15(14)12-21-19-16(18-20-21)13-7-3-2-4-8-13/h2-10,17H,11-12H2,1H3. The van der Waals surface area contributed by atoms with Crippen LogP contribution in [0.15, 0.2) is 54.6 Å². The molecule has 0 atom stereocenters. The first kappa shape index (κ1) is 13.5. The lowest BCUT2D eigenvalue weighted by Crippen LogP contribution is -2.11. The van der Waals surface area contributed by atoms with Crippen molar-refractivity contribution in [2.45, 2.75) is 13.1 Å². The van der Waals surface area contributed by atoms with Crippen LogP contribution in [0.5, 0.6) is 0 Å². The van der Waals surface area contributed by atoms with Gasteiger partial charge in [-0.3, -0.25) is 0 Å². The molecule has 1 aromatic heterocycles. The van der Waals surface area contributed by atoms with Crippen LogP contribution in [0.25, 0.3) is 11.4 Å². The van der Waals surface area contributed by atoms with E-state index < -0.39 is 0 Å². The van der Waals surface area contributed by atoms with E-state index in [4.69, 9.17) is 0 Å². The Balaban J connectivity index is 1.82. The molecule has 0 aliphatic rings. The molecule has 0 bridgehead atoms. The van der Waals surface area contributed by atoms with Gasteiger partial charge >= 0.3 is 0 Å². The first-order valence-corrected chi connectivity index (χ1v) is 6.91. The zero-order valence-electron chi connectivity index (χ0n) is 11.9. The van der Waals surface area contributed by atoms with Crippen molar-refractivity contribution in [2.24, 2.45) is 0 Å². The lowest BCUT2D eigenvalue weighted by molar-refractivity contribution is 0.568. The minimum Gasteiger partial charge on any atom is -0.316 e. The molecule has 0 unspecified atom stereocenters. The summed E-state index contributed by atoms with van der Waals surface area (Å²) in [6.45, 7) is 1.45. The molecular formula is C16H17N5. The minimum atomic E-state index is 0.623. The van der Waals surface area contributed by atoms with Gasteiger partial charge in [-0.05, 0) is 23.4 Å². The first-order chi connectivity index (χ1) is 10.4. The number of hydrogen-bond donors (Lipinski definition) is 1. The Kier molecular flexibility index (Phi) is 4.02. The summed E-state index contributed by atoms with van der Waals surface area (Å²) in [6, 6.07) is 18.2. The van der Waals surface area contributed by atoms with Crippen LogP contribution >= 0.6 is 0 Å². The molecule has 0 saturated carbocycles. The van der Waals surface area contributed by atoms with Crippen molar-refractivity contribution >= 4 is 0 Å². The number of nitrogens with one attached hydrogen (secondary N) is 1. The molecule has 106 valence electrons. The Morgan fingerprint density at radius 2 is 1.67 bits per heavy atom. The highest BCUT2D eigenvalue weighted by molar-refractivity contribution is 5.52. The Morgan fingerprint density at radius 1 is 0.952 bits per heavy atom. The van der Waals surface area contributed by atoms with E-state index in [9.17, 15) is 0 Å². The lowest BCUT2D eigenvalue weighted by atomic mass is 10.1. The second kappa shape index (κ2) is 6.28. The summed E-state index contributed by atoms with van der Waals surface area (Å²) in [7, 11) is 1.94. The molecule has 1 N–H and O–H groups in total. The van der Waals surface area contributed by atoms with Crippen molar-refractivity contribution in [2.75, 3.05) is 7.05 Å². The third-order valence-electron chi connectivity index (χ3n) is 3.28. The van der Waals surface area contributed by atoms with E-state index in [2.05, 4.69) is 32.9 Å². The highest BCUT2D eigenvalue weighted by Crippen LogP contribution is 2.13. The van der Waals surface area contributed by atoms with Gasteiger partial charge in [0.1, 0.15) is 0 Å². The van der Waals surface area contributed by atoms with Crippen molar-refractivity contribution < 1.29 is 0 Å². The summed E-state index contributed by atoms with van der Waals surface area (Å²) in [5.74, 6) is 0.654. The van der Waals surface area contributed by atoms with E-state index in [0.29, 0.717) is 12.4 Å². The van der Waals surface area contributed by atoms with E-state index in [0.717, 1.165) is 12.1 Å². The molecule has 3 aromatic rings. The van der Waals surface area contributed by atoms with Gasteiger partial charge < -0.3 is 5.32 Å². The van der Waals surface area contributed by atoms with Crippen LogP contribution in [0.1, 0.15) is 11.1 Å². The van der Waals surface area contributed by atoms with Gasteiger partial charge in [0.25, 0.3) is 0 Å². The fraction of sp³-hybridized carbons (Fsp3) is 0.188. The van der Waals surface area contributed by atoms with Crippen molar-refractivity contribution in [3.05, 3.63) is 65.7 Å². The normalized spacial score (nSPS) is 10.7. The molecule has 3 rings (SSSR count). The molecule has 0 amide bonds. The van der Waals surface area contributed by atoms with E-state index in [1.807, 2.05) is 49.5 Å². The fourth-order valence-electron chi connectivity index (χ4n) is 2.24. The van der Waals surface area contributed by atoms with E-state index >= 15 is 0 Å². The molecule has 5 nitrogen and oxygen atoms in total. The van der Waals surface area contributed by atoms with Crippen molar-refractivity contribution in [1.29, 1.82) is 0 Å². The monoisotopic (exact) mass is 279 g/mol. The molecule has 0 fully saturated rings. The number of aromatic nitrogens is 4. The van der Waals surface area contributed by atoms with Gasteiger partial charge in [0.05, 0.1) is 6.54 Å². The Bertz CT molecular complexity index is 705. The van der Waals surface area contributed by atoms with Gasteiger partial charge in [-0.1, -0.05) is 54.6 Å². The average molecular weight is 279 g/mol. The minimum absolute atomic E-state index is 0.623. The third-order valence-corrected chi connectivity index (χ3v) is 3.28. The molecule has 0 radical (unpaired) electrons. The summed E-state index contributed by atoms with van der Waals surface area (Å²) in [5.41, 5.74) is 3.43. The highest BCUT2D eigenvalue weighted by atomic mass is 15.6. The molecule has 0 spiro atoms. The maximum absolute atomic E-state index is 4.45. The van der Waals surface area contributed by atoms with Gasteiger partial charge in [0.15, 0.2) is 0 Å². The topological polar surface area (TPSA) is 55.6 Å². The van der Waals surface area contributed by atoms with Crippen molar-refractivity contribution in [3.8, 4) is 11.4 Å². The van der Waals surface area contributed by atoms with Crippen LogP contribution in [0, 0.1) is 0 Å². The summed E-state index contributed by atoms with van der Waals surface area (Å²) in [5, 5.41) is 15.9. The summed E-state index contributed by atoms with van der Waals surface area (Å²) in [6.07, 6.45) is 0. The number of tetrazole rings is 1. The zero-order chi connectivity index (χ0) is 14.5. The predicted octanol–water partition coefficient (Wildman–Crippen LogP) is 2.11. The van der Waals surface area contributed by atoms with E-state index in [1.54, 1.807) is 4.80 Å². The first-order valence-electron chi connectivity index (χ1n) is 6.91. The van der Waals surface area contributed by atoms with Gasteiger partial charge in [0, 0.05) is 12.1 Å². The summed E-state index contributed by atoms with van der Waals surface area (Å²) >= 11 is 0. The highest BCUT2D eigenvalue weighted by Gasteiger charge is 2.07. The van der Waals surface area contributed by atoms with E-state index in [-0.39, 0.29) is 0 Å². The molecule has 21 heavy (non-hydrogen) atoms. The van der Waals surface area contributed by atoms with Crippen LogP contribution in [0.4, 0.5) is 0 Å². The maximum atomic E-state index is 4.45. The van der Waals surface area contributed by atoms with Gasteiger partial charge in [0.2, 0.25) is 5.82 Å². The average Bonchev–Trinajstić information content (AvgIpc) is 2.99. The fourth-order valence-corrected chi connectivity index (χ4v) is 2.24. The molecule has 2 aromatic carbocycles. The summed E-state index contributed by atoms with van der Waals surface area (Å²) in [4.78, 5) is 1.64. The molecule has 5 heteroatoms. The Labute approximate surface area is 123 Å². The van der Waals surface area contributed by atoms with Gasteiger partial charge in [-0.15, -0.1) is 10.2 Å². The zero-order valence-corrected chi connectivity index (χ0v) is 11.9. The Hall–Kier alpha value is -2.53. The van der Waals surface area contributed by atoms with Crippen LogP contribution < -0.4 is 5.32 Å². The molecular weight excluding hydrogens is 262 g/mol. The lowest BCUT2D eigenvalue weighted by Gasteiger charge is -2.07. The summed E-state index contributed by atoms with van der Waals surface area (Å²) < 4.78 is 0. The number of nitrogens with zero attached hydrogens (tertiary/aromatic N) is 4. The van der Waals surface area contributed by atoms with Gasteiger partial charge in [-0.2, -0.15) is 4.80 Å². The molecule has 0 aliphatic carbocycles. The number of rotatable bonds is 5. The van der Waals surface area contributed by atoms with Crippen molar-refractivity contribution in [3.63, 3.8) is 0 Å². The maximum Gasteiger partial charge on any atom is 0.204 e. The quantitative estimate of drug-likeness (QED) is 0.777. The van der Waals surface area contributed by atoms with Gasteiger partial charge in [-0.25, -0.2) is 0 Å². The van der Waals surface area contributed by atoms with Crippen LogP contribution in [-0.4, -0.2) is 27.3 Å². The largest absolute Gasteiger partial charge is 0.316 e. The smallest absolute Gasteiger partial charge is 0.204 e. The molecule has 0 saturated heterocycles. The second-order valence-electron chi connectivity index (χ2n) is 4.81. The van der Waals surface area contributed by atoms with Crippen LogP contribution in [0.3, 0.4) is 0 Å². The van der Waals surface area contributed by atoms with Crippen LogP contribution in [-0.2, 0) is 13.1 Å². The number of hydrogen-bond acceptors (Lipinski definition) is 4. The Morgan fingerprint density at radius 3 is 2.43 bits per heavy atom. The second-order valence-corrected chi connectivity index (χ2v) is 4.81. The van der Waals surface area contributed by atoms with Crippen LogP contribution in [0.2, 0.25) is 0 Å². The molecule has 0 aliphatic heterocycles. The number of benzene rings is 2. The van der Waals surface area contributed by atoms with Crippen molar-refractivity contribution in [1.82, 2.24) is 25.5 Å². The van der Waals surface area contributed by atoms with E-state index in [1.165, 1.54) is 11.1 Å². The predicted molar refractivity (Wildman–Crippen MR) is 81.6 cm³/mol. The SMILES string of the molecule is CNCc1ccccc1Cn1nnc(-c2ccccc2)n1. The molecule has 1 heterocycles. The third kappa shape index (κ3) is 3.14.